The molecule has 0 aromatic heterocycles. The number of carbonyl (C=O) groups excluding carboxylic acids is 1. The summed E-state index contributed by atoms with van der Waals surface area (Å²) in [6, 6.07) is 16.8. The Morgan fingerprint density at radius 3 is 2.15 bits per heavy atom. The molecule has 0 saturated carbocycles. The van der Waals surface area contributed by atoms with Crippen LogP contribution in [0.3, 0.4) is 0 Å². The van der Waals surface area contributed by atoms with E-state index in [2.05, 4.69) is 36.4 Å². The summed E-state index contributed by atoms with van der Waals surface area (Å²) < 4.78 is 5.90. The first-order chi connectivity index (χ1) is 12.5. The monoisotopic (exact) mass is 349 g/mol. The molecular weight excluding hydrogens is 326 g/mol. The van der Waals surface area contributed by atoms with Gasteiger partial charge in [0, 0.05) is 26.0 Å². The lowest BCUT2D eigenvalue weighted by molar-refractivity contribution is -0.136. The van der Waals surface area contributed by atoms with Crippen molar-refractivity contribution in [2.45, 2.75) is 30.6 Å². The van der Waals surface area contributed by atoms with Crippen molar-refractivity contribution in [3.05, 3.63) is 70.8 Å². The topological polar surface area (TPSA) is 49.8 Å². The molecule has 4 heteroatoms. The minimum atomic E-state index is -0.775. The summed E-state index contributed by atoms with van der Waals surface area (Å²) in [6.45, 7) is 2.05. The highest BCUT2D eigenvalue weighted by Gasteiger charge is 2.68. The minimum Gasteiger partial charge on any atom is -0.380 e. The standard InChI is InChI=1S/C22H23NO3/c1-12(26-3)22-15-10-6-4-8-13(15)17(14-9-5-7-11-16(14)22)18-19(22)21(25)23(2)20(18)24/h4-12,17-20,24H,1-3H3/t12-,17?,18-,19+,20-,22?/m0/s1. The van der Waals surface area contributed by atoms with E-state index in [-0.39, 0.29) is 29.8 Å². The van der Waals surface area contributed by atoms with E-state index in [0.717, 1.165) is 0 Å². The Morgan fingerprint density at radius 2 is 1.62 bits per heavy atom. The fourth-order valence-corrected chi connectivity index (χ4v) is 6.04. The van der Waals surface area contributed by atoms with Gasteiger partial charge in [-0.15, -0.1) is 0 Å². The zero-order valence-corrected chi connectivity index (χ0v) is 15.2. The lowest BCUT2D eigenvalue weighted by Crippen LogP contribution is -2.59. The van der Waals surface area contributed by atoms with Gasteiger partial charge in [-0.3, -0.25) is 4.79 Å². The van der Waals surface area contributed by atoms with E-state index >= 15 is 0 Å². The molecule has 3 aliphatic carbocycles. The smallest absolute Gasteiger partial charge is 0.229 e. The van der Waals surface area contributed by atoms with Crippen LogP contribution in [-0.2, 0) is 14.9 Å². The summed E-state index contributed by atoms with van der Waals surface area (Å²) in [5.41, 5.74) is 4.21. The van der Waals surface area contributed by atoms with Crippen LogP contribution in [0.5, 0.6) is 0 Å². The number of nitrogens with zero attached hydrogens (tertiary/aromatic N) is 1. The largest absolute Gasteiger partial charge is 0.380 e. The molecule has 2 aromatic carbocycles. The molecule has 0 unspecified atom stereocenters. The Balaban J connectivity index is 1.94. The second-order valence-electron chi connectivity index (χ2n) is 7.82. The number of likely N-dealkylation sites (tertiary alicyclic amines) is 1. The molecular formula is C22H23NO3. The van der Waals surface area contributed by atoms with Crippen LogP contribution in [0, 0.1) is 11.8 Å². The van der Waals surface area contributed by atoms with Gasteiger partial charge in [-0.2, -0.15) is 0 Å². The number of carbonyl (C=O) groups is 1. The number of aliphatic hydroxyl groups excluding tert-OH is 1. The lowest BCUT2D eigenvalue weighted by atomic mass is 9.45. The second-order valence-corrected chi connectivity index (χ2v) is 7.82. The van der Waals surface area contributed by atoms with Gasteiger partial charge < -0.3 is 14.7 Å². The summed E-state index contributed by atoms with van der Waals surface area (Å²) >= 11 is 0. The van der Waals surface area contributed by atoms with Crippen molar-refractivity contribution in [2.24, 2.45) is 11.8 Å². The van der Waals surface area contributed by atoms with Crippen molar-refractivity contribution in [3.8, 4) is 0 Å². The number of aliphatic hydroxyl groups is 1. The van der Waals surface area contributed by atoms with Gasteiger partial charge in [-0.1, -0.05) is 48.5 Å². The number of hydrogen-bond donors (Lipinski definition) is 1. The molecule has 1 aliphatic heterocycles. The maximum atomic E-state index is 13.3. The number of rotatable bonds is 2. The molecule has 4 aliphatic rings. The highest BCUT2D eigenvalue weighted by atomic mass is 16.5. The first-order valence-corrected chi connectivity index (χ1v) is 9.21. The van der Waals surface area contributed by atoms with Crippen molar-refractivity contribution in [1.82, 2.24) is 4.90 Å². The van der Waals surface area contributed by atoms with Crippen LogP contribution in [0.15, 0.2) is 48.5 Å². The van der Waals surface area contributed by atoms with E-state index in [0.29, 0.717) is 0 Å². The van der Waals surface area contributed by atoms with Crippen LogP contribution in [0.2, 0.25) is 0 Å². The van der Waals surface area contributed by atoms with Crippen LogP contribution in [0.4, 0.5) is 0 Å². The van der Waals surface area contributed by atoms with Gasteiger partial charge in [0.1, 0.15) is 6.23 Å². The van der Waals surface area contributed by atoms with Crippen molar-refractivity contribution < 1.29 is 14.6 Å². The van der Waals surface area contributed by atoms with Gasteiger partial charge in [0.25, 0.3) is 0 Å². The molecule has 1 heterocycles. The quantitative estimate of drug-likeness (QED) is 0.906. The van der Waals surface area contributed by atoms with Crippen molar-refractivity contribution in [2.75, 3.05) is 14.2 Å². The van der Waals surface area contributed by atoms with Crippen molar-refractivity contribution in [3.63, 3.8) is 0 Å². The summed E-state index contributed by atoms with van der Waals surface area (Å²) in [4.78, 5) is 14.8. The van der Waals surface area contributed by atoms with Crippen molar-refractivity contribution >= 4 is 5.91 Å². The number of methoxy groups -OCH3 is 1. The third kappa shape index (κ3) is 1.56. The highest BCUT2D eigenvalue weighted by molar-refractivity contribution is 5.87. The SMILES string of the molecule is CO[C@@H](C)C12c3ccccc3C(c3ccccc31)[C@@H]1[C@H](O)N(C)C(=O)[C@@H]12. The van der Waals surface area contributed by atoms with E-state index in [1.54, 1.807) is 14.2 Å². The fraction of sp³-hybridized carbons (Fsp3) is 0.409. The zero-order valence-electron chi connectivity index (χ0n) is 15.2. The first-order valence-electron chi connectivity index (χ1n) is 9.21. The van der Waals surface area contributed by atoms with Crippen molar-refractivity contribution in [1.29, 1.82) is 0 Å². The van der Waals surface area contributed by atoms with Crippen LogP contribution in [0.25, 0.3) is 0 Å². The van der Waals surface area contributed by atoms with Crippen LogP contribution in [-0.4, -0.2) is 42.4 Å². The lowest BCUT2D eigenvalue weighted by Gasteiger charge is -2.57. The molecule has 26 heavy (non-hydrogen) atoms. The highest BCUT2D eigenvalue weighted by Crippen LogP contribution is 2.65. The van der Waals surface area contributed by atoms with E-state index in [4.69, 9.17) is 4.74 Å². The van der Waals surface area contributed by atoms with E-state index in [1.807, 2.05) is 19.1 Å². The van der Waals surface area contributed by atoms with Gasteiger partial charge in [0.15, 0.2) is 0 Å². The molecule has 2 bridgehead atoms. The van der Waals surface area contributed by atoms with Gasteiger partial charge in [-0.25, -0.2) is 0 Å². The molecule has 1 amide bonds. The first kappa shape index (κ1) is 16.0. The number of amides is 1. The van der Waals surface area contributed by atoms with E-state index < -0.39 is 11.6 Å². The Bertz CT molecular complexity index is 860. The Morgan fingerprint density at radius 1 is 1.08 bits per heavy atom. The Hall–Kier alpha value is -2.17. The molecule has 0 spiro atoms. The Kier molecular flexibility index (Phi) is 3.19. The molecule has 1 fully saturated rings. The van der Waals surface area contributed by atoms with E-state index in [9.17, 15) is 9.90 Å². The van der Waals surface area contributed by atoms with Gasteiger partial charge in [0.05, 0.1) is 17.4 Å². The maximum Gasteiger partial charge on any atom is 0.229 e. The summed E-state index contributed by atoms with van der Waals surface area (Å²) in [5.74, 6) is -0.426. The molecule has 6 rings (SSSR count). The third-order valence-electron chi connectivity index (χ3n) is 7.09. The normalized spacial score (nSPS) is 35.1. The van der Waals surface area contributed by atoms with E-state index in [1.165, 1.54) is 27.2 Å². The summed E-state index contributed by atoms with van der Waals surface area (Å²) in [5, 5.41) is 11.0. The van der Waals surface area contributed by atoms with Crippen LogP contribution < -0.4 is 0 Å². The van der Waals surface area contributed by atoms with Gasteiger partial charge in [0.2, 0.25) is 5.91 Å². The Labute approximate surface area is 153 Å². The molecule has 1 saturated heterocycles. The summed E-state index contributed by atoms with van der Waals surface area (Å²) in [7, 11) is 3.42. The predicted octanol–water partition coefficient (Wildman–Crippen LogP) is 2.49. The molecule has 134 valence electrons. The predicted molar refractivity (Wildman–Crippen MR) is 97.7 cm³/mol. The van der Waals surface area contributed by atoms with Gasteiger partial charge >= 0.3 is 0 Å². The minimum absolute atomic E-state index is 0.0143. The molecule has 4 atom stereocenters. The number of ether oxygens (including phenoxy) is 1. The molecule has 2 aromatic rings. The third-order valence-corrected chi connectivity index (χ3v) is 7.09. The molecule has 0 radical (unpaired) electrons. The van der Waals surface area contributed by atoms with Crippen LogP contribution >= 0.6 is 0 Å². The van der Waals surface area contributed by atoms with Crippen LogP contribution in [0.1, 0.15) is 35.1 Å². The number of benzene rings is 2. The fourth-order valence-electron chi connectivity index (χ4n) is 6.04. The average Bonchev–Trinajstić information content (AvgIpc) is 2.92. The maximum absolute atomic E-state index is 13.3. The molecule has 4 nitrogen and oxygen atoms in total. The van der Waals surface area contributed by atoms with Gasteiger partial charge in [-0.05, 0) is 29.2 Å². The summed E-state index contributed by atoms with van der Waals surface area (Å²) in [6.07, 6.45) is -0.969. The second kappa shape index (κ2) is 5.18. The average molecular weight is 349 g/mol. The molecule has 1 N–H and O–H groups in total. The zero-order chi connectivity index (χ0) is 18.2. The number of hydrogen-bond acceptors (Lipinski definition) is 3.